The van der Waals surface area contributed by atoms with Gasteiger partial charge in [0, 0.05) is 40.6 Å². The fraction of sp³-hybridized carbons (Fsp3) is 0.0833. The Bertz CT molecular complexity index is 1530. The molecule has 0 atom stereocenters. The zero-order valence-electron chi connectivity index (χ0n) is 17.8. The molecule has 0 saturated heterocycles. The summed E-state index contributed by atoms with van der Waals surface area (Å²) in [4.78, 5) is 16.8. The molecular weight excluding hydrogens is 400 g/mol. The Morgan fingerprint density at radius 3 is 2.81 bits per heavy atom. The van der Waals surface area contributed by atoms with Crippen LogP contribution >= 0.6 is 0 Å². The molecule has 8 nitrogen and oxygen atoms in total. The fourth-order valence-corrected chi connectivity index (χ4v) is 3.76. The van der Waals surface area contributed by atoms with Crippen molar-refractivity contribution in [2.24, 2.45) is 5.73 Å². The third kappa shape index (κ3) is 3.27. The van der Waals surface area contributed by atoms with Crippen LogP contribution in [0.2, 0.25) is 0 Å². The van der Waals surface area contributed by atoms with Gasteiger partial charge < -0.3 is 15.3 Å². The predicted octanol–water partition coefficient (Wildman–Crippen LogP) is 4.43. The number of nitrogens with zero attached hydrogens (tertiary/aromatic N) is 5. The number of nitrogens with two attached hydrogens (primary N) is 1. The number of allylic oxidation sites excluding steroid dienone is 4. The van der Waals surface area contributed by atoms with E-state index in [2.05, 4.69) is 48.8 Å². The van der Waals surface area contributed by atoms with Gasteiger partial charge in [0.25, 0.3) is 0 Å². The minimum Gasteiger partial charge on any atom is -0.399 e. The third-order valence-corrected chi connectivity index (χ3v) is 5.38. The van der Waals surface area contributed by atoms with Crippen LogP contribution in [0.25, 0.3) is 44.7 Å². The lowest BCUT2D eigenvalue weighted by Gasteiger charge is -2.04. The highest BCUT2D eigenvalue weighted by atomic mass is 15.2. The molecule has 158 valence electrons. The number of aryl methyl sites for hydroxylation is 1. The molecule has 0 fully saturated rings. The van der Waals surface area contributed by atoms with Crippen LogP contribution < -0.4 is 5.73 Å². The lowest BCUT2D eigenvalue weighted by molar-refractivity contribution is 1.06. The molecule has 5 heterocycles. The zero-order valence-corrected chi connectivity index (χ0v) is 17.8. The number of nitrogens with one attached hydrogen (secondary N) is 2. The van der Waals surface area contributed by atoms with E-state index in [0.29, 0.717) is 11.3 Å². The average molecular weight is 422 g/mol. The number of imidazole rings is 1. The van der Waals surface area contributed by atoms with Crippen molar-refractivity contribution in [2.75, 3.05) is 0 Å². The zero-order chi connectivity index (χ0) is 22.2. The van der Waals surface area contributed by atoms with E-state index >= 15 is 0 Å². The monoisotopic (exact) mass is 422 g/mol. The van der Waals surface area contributed by atoms with Crippen molar-refractivity contribution in [3.8, 4) is 17.1 Å². The Balaban J connectivity index is 1.64. The molecule has 0 aliphatic rings. The Morgan fingerprint density at radius 2 is 2.06 bits per heavy atom. The highest BCUT2D eigenvalue weighted by Crippen LogP contribution is 2.31. The maximum Gasteiger partial charge on any atom is 0.181 e. The van der Waals surface area contributed by atoms with Gasteiger partial charge in [-0.25, -0.2) is 15.0 Å². The van der Waals surface area contributed by atoms with E-state index in [-0.39, 0.29) is 0 Å². The first-order valence-corrected chi connectivity index (χ1v) is 10.2. The molecule has 32 heavy (non-hydrogen) atoms. The second-order valence-corrected chi connectivity index (χ2v) is 7.48. The van der Waals surface area contributed by atoms with E-state index in [0.717, 1.165) is 50.3 Å². The molecule has 0 aliphatic heterocycles. The van der Waals surface area contributed by atoms with Gasteiger partial charge in [0.15, 0.2) is 5.65 Å². The Hall–Kier alpha value is -4.46. The molecule has 0 aromatic carbocycles. The lowest BCUT2D eigenvalue weighted by Crippen LogP contribution is -1.94. The van der Waals surface area contributed by atoms with Gasteiger partial charge in [0.2, 0.25) is 0 Å². The van der Waals surface area contributed by atoms with Gasteiger partial charge in [-0.1, -0.05) is 12.7 Å². The first-order chi connectivity index (χ1) is 15.6. The Labute approximate surface area is 184 Å². The summed E-state index contributed by atoms with van der Waals surface area (Å²) in [7, 11) is 0. The van der Waals surface area contributed by atoms with Gasteiger partial charge in [-0.2, -0.15) is 5.10 Å². The van der Waals surface area contributed by atoms with Gasteiger partial charge in [-0.3, -0.25) is 5.10 Å². The van der Waals surface area contributed by atoms with Crippen LogP contribution in [0.3, 0.4) is 0 Å². The van der Waals surface area contributed by atoms with Crippen molar-refractivity contribution < 1.29 is 0 Å². The minimum atomic E-state index is 0.592. The van der Waals surface area contributed by atoms with Crippen molar-refractivity contribution in [1.82, 2.24) is 34.7 Å². The van der Waals surface area contributed by atoms with Crippen molar-refractivity contribution in [2.45, 2.75) is 13.8 Å². The van der Waals surface area contributed by atoms with E-state index in [1.807, 2.05) is 42.8 Å². The van der Waals surface area contributed by atoms with Gasteiger partial charge in [-0.15, -0.1) is 0 Å². The summed E-state index contributed by atoms with van der Waals surface area (Å²) >= 11 is 0. The van der Waals surface area contributed by atoms with E-state index in [4.69, 9.17) is 5.73 Å². The summed E-state index contributed by atoms with van der Waals surface area (Å²) in [6.45, 7) is 7.65. The van der Waals surface area contributed by atoms with Crippen molar-refractivity contribution >= 4 is 27.6 Å². The van der Waals surface area contributed by atoms with Crippen LogP contribution in [0.5, 0.6) is 0 Å². The van der Waals surface area contributed by atoms with Gasteiger partial charge in [-0.05, 0) is 49.8 Å². The van der Waals surface area contributed by atoms with E-state index in [9.17, 15) is 0 Å². The largest absolute Gasteiger partial charge is 0.399 e. The first kappa shape index (κ1) is 19.5. The highest BCUT2D eigenvalue weighted by molar-refractivity contribution is 5.97. The van der Waals surface area contributed by atoms with Crippen LogP contribution in [-0.2, 0) is 0 Å². The third-order valence-electron chi connectivity index (χ3n) is 5.38. The van der Waals surface area contributed by atoms with Crippen LogP contribution in [0.4, 0.5) is 0 Å². The molecule has 0 saturated carbocycles. The van der Waals surface area contributed by atoms with E-state index in [1.165, 1.54) is 0 Å². The molecule has 0 bridgehead atoms. The topological polar surface area (TPSA) is 114 Å². The van der Waals surface area contributed by atoms with Crippen LogP contribution in [0.15, 0.2) is 73.6 Å². The number of fused-ring (bicyclic) bond motifs is 2. The molecule has 5 aromatic heterocycles. The van der Waals surface area contributed by atoms with Crippen molar-refractivity contribution in [3.05, 3.63) is 84.9 Å². The van der Waals surface area contributed by atoms with Gasteiger partial charge in [0.1, 0.15) is 5.65 Å². The molecule has 5 rings (SSSR count). The summed E-state index contributed by atoms with van der Waals surface area (Å²) in [6.07, 6.45) is 12.9. The minimum absolute atomic E-state index is 0.592. The first-order valence-electron chi connectivity index (χ1n) is 10.2. The van der Waals surface area contributed by atoms with Crippen LogP contribution in [-0.4, -0.2) is 34.7 Å². The molecule has 4 N–H and O–H groups in total. The molecule has 0 unspecified atom stereocenters. The summed E-state index contributed by atoms with van der Waals surface area (Å²) < 4.78 is 2.00. The van der Waals surface area contributed by atoms with Gasteiger partial charge >= 0.3 is 0 Å². The SMILES string of the molecule is C=C/C(N)=C\C(=C/C)c1cnc2n[nH]c(-c3cc4c(-n5cnc(C)c5)ccnc4[nH]3)c2c1. The van der Waals surface area contributed by atoms with Crippen molar-refractivity contribution in [1.29, 1.82) is 0 Å². The molecular formula is C24H22N8. The standard InChI is InChI=1S/C24H22N8/c1-4-15(8-17(25)5-2)16-9-19-22(30-31-24(19)27-11-16)20-10-18-21(6-7-26-23(18)29-20)32-12-14(3)28-13-32/h4-13H,2,25H2,1,3H3,(H,26,29)(H,27,30,31)/b15-4+,17-8+. The summed E-state index contributed by atoms with van der Waals surface area (Å²) in [5.41, 5.74) is 13.5. The van der Waals surface area contributed by atoms with Crippen LogP contribution in [0.1, 0.15) is 18.2 Å². The Morgan fingerprint density at radius 1 is 1.19 bits per heavy atom. The predicted molar refractivity (Wildman–Crippen MR) is 127 cm³/mol. The fourth-order valence-electron chi connectivity index (χ4n) is 3.76. The number of rotatable bonds is 5. The normalized spacial score (nSPS) is 12.7. The number of H-pyrrole nitrogens is 2. The Kier molecular flexibility index (Phi) is 4.67. The molecule has 5 aromatic rings. The summed E-state index contributed by atoms with van der Waals surface area (Å²) in [6, 6.07) is 6.10. The van der Waals surface area contributed by atoms with E-state index < -0.39 is 0 Å². The van der Waals surface area contributed by atoms with Gasteiger partial charge in [0.05, 0.1) is 29.1 Å². The molecule has 0 radical (unpaired) electrons. The highest BCUT2D eigenvalue weighted by Gasteiger charge is 2.15. The van der Waals surface area contributed by atoms with Crippen molar-refractivity contribution in [3.63, 3.8) is 0 Å². The number of hydrogen-bond acceptors (Lipinski definition) is 5. The quantitative estimate of drug-likeness (QED) is 0.363. The summed E-state index contributed by atoms with van der Waals surface area (Å²) in [5, 5.41) is 9.40. The molecule has 8 heteroatoms. The average Bonchev–Trinajstić information content (AvgIpc) is 3.53. The second kappa shape index (κ2) is 7.66. The van der Waals surface area contributed by atoms with Crippen LogP contribution in [0, 0.1) is 6.92 Å². The molecule has 0 spiro atoms. The summed E-state index contributed by atoms with van der Waals surface area (Å²) in [5.74, 6) is 0. The smallest absolute Gasteiger partial charge is 0.181 e. The number of aromatic nitrogens is 7. The lowest BCUT2D eigenvalue weighted by atomic mass is 10.0. The number of aromatic amines is 2. The maximum absolute atomic E-state index is 5.95. The van der Waals surface area contributed by atoms with E-state index in [1.54, 1.807) is 24.8 Å². The number of pyridine rings is 2. The second-order valence-electron chi connectivity index (χ2n) is 7.48. The molecule has 0 amide bonds. The molecule has 0 aliphatic carbocycles. The maximum atomic E-state index is 5.95. The number of hydrogen-bond donors (Lipinski definition) is 3.